The molecule has 234 valence electrons. The van der Waals surface area contributed by atoms with Gasteiger partial charge in [-0.2, -0.15) is 13.2 Å². The molecule has 43 heavy (non-hydrogen) atoms. The minimum atomic E-state index is -5.08. The SMILES string of the molecule is CC(C)(C)NC(=O)c1cccc(CN2CCN(C(=O)c3ccc(NC(=O)NCC4CC4)cc3)CC2)c1.O=C(O)C(F)(F)F. The number of carbonyl (C=O) groups is 4. The summed E-state index contributed by atoms with van der Waals surface area (Å²) in [6, 6.07) is 14.6. The first kappa shape index (κ1) is 33.4. The minimum absolute atomic E-state index is 0.000216. The maximum Gasteiger partial charge on any atom is 0.490 e. The number of halogens is 3. The fourth-order valence-corrected chi connectivity index (χ4v) is 4.20. The number of anilines is 1. The van der Waals surface area contributed by atoms with Gasteiger partial charge < -0.3 is 26.0 Å². The van der Waals surface area contributed by atoms with Crippen LogP contribution in [0.4, 0.5) is 23.7 Å². The van der Waals surface area contributed by atoms with Gasteiger partial charge in [0, 0.05) is 61.6 Å². The molecule has 1 heterocycles. The van der Waals surface area contributed by atoms with Crippen molar-refractivity contribution >= 4 is 29.5 Å². The minimum Gasteiger partial charge on any atom is -0.475 e. The largest absolute Gasteiger partial charge is 0.490 e. The van der Waals surface area contributed by atoms with E-state index in [0.29, 0.717) is 42.4 Å². The molecule has 4 rings (SSSR count). The first-order valence-electron chi connectivity index (χ1n) is 14.0. The van der Waals surface area contributed by atoms with Crippen LogP contribution in [0.2, 0.25) is 0 Å². The van der Waals surface area contributed by atoms with Gasteiger partial charge in [-0.3, -0.25) is 14.5 Å². The van der Waals surface area contributed by atoms with Gasteiger partial charge >= 0.3 is 18.2 Å². The summed E-state index contributed by atoms with van der Waals surface area (Å²) >= 11 is 0. The summed E-state index contributed by atoms with van der Waals surface area (Å²) in [5, 5.41) is 15.8. The highest BCUT2D eigenvalue weighted by Crippen LogP contribution is 2.27. The van der Waals surface area contributed by atoms with Crippen LogP contribution in [0, 0.1) is 5.92 Å². The summed E-state index contributed by atoms with van der Waals surface area (Å²) in [7, 11) is 0. The molecular weight excluding hydrogens is 567 g/mol. The molecule has 1 aliphatic carbocycles. The molecule has 2 aromatic rings. The quantitative estimate of drug-likeness (QED) is 0.372. The molecule has 1 saturated heterocycles. The molecule has 1 saturated carbocycles. The van der Waals surface area contributed by atoms with Gasteiger partial charge in [-0.15, -0.1) is 0 Å². The third-order valence-corrected chi connectivity index (χ3v) is 6.62. The molecule has 10 nitrogen and oxygen atoms in total. The van der Waals surface area contributed by atoms with Gasteiger partial charge in [-0.25, -0.2) is 9.59 Å². The number of hydrogen-bond acceptors (Lipinski definition) is 5. The summed E-state index contributed by atoms with van der Waals surface area (Å²) in [6.45, 7) is 10.2. The molecule has 0 atom stereocenters. The zero-order valence-corrected chi connectivity index (χ0v) is 24.5. The Morgan fingerprint density at radius 3 is 2.05 bits per heavy atom. The van der Waals surface area contributed by atoms with E-state index < -0.39 is 12.1 Å². The number of hydrogen-bond donors (Lipinski definition) is 4. The van der Waals surface area contributed by atoms with Crippen LogP contribution in [0.3, 0.4) is 0 Å². The van der Waals surface area contributed by atoms with E-state index >= 15 is 0 Å². The monoisotopic (exact) mass is 605 g/mol. The summed E-state index contributed by atoms with van der Waals surface area (Å²) in [5.74, 6) is -2.20. The average Bonchev–Trinajstić information content (AvgIpc) is 3.76. The van der Waals surface area contributed by atoms with E-state index in [4.69, 9.17) is 9.90 Å². The van der Waals surface area contributed by atoms with Gasteiger partial charge in [0.2, 0.25) is 0 Å². The number of alkyl halides is 3. The van der Waals surface area contributed by atoms with Crippen molar-refractivity contribution in [1.29, 1.82) is 0 Å². The van der Waals surface area contributed by atoms with Crippen molar-refractivity contribution in [2.24, 2.45) is 5.92 Å². The Balaban J connectivity index is 0.000000646. The Kier molecular flexibility index (Phi) is 11.1. The standard InChI is InChI=1S/C28H37N5O3.C2HF3O2/c1-28(2,3)31-25(34)23-6-4-5-21(17-23)19-32-13-15-33(16-14-32)26(35)22-9-11-24(12-10-22)30-27(36)29-18-20-7-8-20;3-2(4,5)1(6)7/h4-6,9-12,17,20H,7-8,13-16,18-19H2,1-3H3,(H,31,34)(H2,29,30,36);(H,6,7). The predicted octanol–water partition coefficient (Wildman–Crippen LogP) is 4.34. The van der Waals surface area contributed by atoms with E-state index in [2.05, 4.69) is 20.9 Å². The van der Waals surface area contributed by atoms with E-state index in [-0.39, 0.29) is 23.4 Å². The van der Waals surface area contributed by atoms with Crippen LogP contribution in [-0.2, 0) is 11.3 Å². The lowest BCUT2D eigenvalue weighted by atomic mass is 10.1. The van der Waals surface area contributed by atoms with Gasteiger partial charge in [0.05, 0.1) is 0 Å². The molecule has 4 N–H and O–H groups in total. The van der Waals surface area contributed by atoms with E-state index in [1.54, 1.807) is 24.3 Å². The number of amides is 4. The highest BCUT2D eigenvalue weighted by Gasteiger charge is 2.38. The lowest BCUT2D eigenvalue weighted by molar-refractivity contribution is -0.192. The topological polar surface area (TPSA) is 131 Å². The molecule has 0 unspecified atom stereocenters. The molecule has 2 fully saturated rings. The molecule has 0 bridgehead atoms. The number of carbonyl (C=O) groups excluding carboxylic acids is 3. The Hall–Kier alpha value is -4.13. The van der Waals surface area contributed by atoms with Crippen LogP contribution in [0.1, 0.15) is 59.9 Å². The van der Waals surface area contributed by atoms with Crippen molar-refractivity contribution in [2.75, 3.05) is 38.0 Å². The molecule has 2 aliphatic rings. The Morgan fingerprint density at radius 1 is 0.907 bits per heavy atom. The Morgan fingerprint density at radius 2 is 1.51 bits per heavy atom. The number of urea groups is 1. The van der Waals surface area contributed by atoms with Crippen molar-refractivity contribution in [3.8, 4) is 0 Å². The zero-order valence-electron chi connectivity index (χ0n) is 24.5. The molecule has 1 aliphatic heterocycles. The van der Waals surface area contributed by atoms with Gasteiger partial charge in [-0.1, -0.05) is 12.1 Å². The first-order chi connectivity index (χ1) is 20.1. The number of carboxylic acids is 1. The van der Waals surface area contributed by atoms with Gasteiger partial charge in [0.15, 0.2) is 0 Å². The van der Waals surface area contributed by atoms with Crippen molar-refractivity contribution in [3.05, 3.63) is 65.2 Å². The van der Waals surface area contributed by atoms with Crippen LogP contribution < -0.4 is 16.0 Å². The number of nitrogens with one attached hydrogen (secondary N) is 3. The van der Waals surface area contributed by atoms with Crippen molar-refractivity contribution < 1.29 is 37.5 Å². The van der Waals surface area contributed by atoms with E-state index in [9.17, 15) is 27.6 Å². The first-order valence-corrected chi connectivity index (χ1v) is 14.0. The molecule has 13 heteroatoms. The molecule has 2 aromatic carbocycles. The number of rotatable bonds is 7. The summed E-state index contributed by atoms with van der Waals surface area (Å²) in [4.78, 5) is 50.5. The Bertz CT molecular complexity index is 1280. The molecule has 4 amide bonds. The maximum absolute atomic E-state index is 13.0. The van der Waals surface area contributed by atoms with Crippen LogP contribution in [0.5, 0.6) is 0 Å². The second-order valence-electron chi connectivity index (χ2n) is 11.6. The number of aliphatic carboxylic acids is 1. The Labute approximate surface area is 248 Å². The van der Waals surface area contributed by atoms with Crippen LogP contribution >= 0.6 is 0 Å². The van der Waals surface area contributed by atoms with Crippen LogP contribution in [0.15, 0.2) is 48.5 Å². The summed E-state index contributed by atoms with van der Waals surface area (Å²) in [5.41, 5.74) is 2.75. The van der Waals surface area contributed by atoms with Crippen molar-refractivity contribution in [2.45, 2.75) is 51.9 Å². The summed E-state index contributed by atoms with van der Waals surface area (Å²) in [6.07, 6.45) is -2.70. The molecule has 0 radical (unpaired) electrons. The average molecular weight is 606 g/mol. The summed E-state index contributed by atoms with van der Waals surface area (Å²) < 4.78 is 31.7. The normalized spacial score (nSPS) is 15.5. The van der Waals surface area contributed by atoms with Gasteiger partial charge in [0.25, 0.3) is 11.8 Å². The van der Waals surface area contributed by atoms with Gasteiger partial charge in [-0.05, 0) is 81.5 Å². The molecular formula is C30H38F3N5O5. The second kappa shape index (κ2) is 14.4. The van der Waals surface area contributed by atoms with E-state index in [0.717, 1.165) is 25.2 Å². The fraction of sp³-hybridized carbons (Fsp3) is 0.467. The third kappa shape index (κ3) is 11.6. The van der Waals surface area contributed by atoms with Crippen LogP contribution in [-0.4, -0.2) is 83.2 Å². The third-order valence-electron chi connectivity index (χ3n) is 6.62. The molecule has 0 spiro atoms. The van der Waals surface area contributed by atoms with E-state index in [1.165, 1.54) is 12.8 Å². The lowest BCUT2D eigenvalue weighted by Gasteiger charge is -2.35. The number of benzene rings is 2. The lowest BCUT2D eigenvalue weighted by Crippen LogP contribution is -2.48. The molecule has 0 aromatic heterocycles. The van der Waals surface area contributed by atoms with E-state index in [1.807, 2.05) is 49.9 Å². The fourth-order valence-electron chi connectivity index (χ4n) is 4.20. The number of nitrogens with zero attached hydrogens (tertiary/aromatic N) is 2. The number of piperazine rings is 1. The van der Waals surface area contributed by atoms with Gasteiger partial charge in [0.1, 0.15) is 0 Å². The van der Waals surface area contributed by atoms with Crippen molar-refractivity contribution in [3.63, 3.8) is 0 Å². The maximum atomic E-state index is 13.0. The smallest absolute Gasteiger partial charge is 0.475 e. The predicted molar refractivity (Wildman–Crippen MR) is 155 cm³/mol. The zero-order chi connectivity index (χ0) is 31.8. The highest BCUT2D eigenvalue weighted by atomic mass is 19.4. The van der Waals surface area contributed by atoms with Crippen molar-refractivity contribution in [1.82, 2.24) is 20.4 Å². The van der Waals surface area contributed by atoms with Crippen LogP contribution in [0.25, 0.3) is 0 Å². The number of carboxylic acid groups (broad SMARTS) is 1. The highest BCUT2D eigenvalue weighted by molar-refractivity contribution is 5.96. The second-order valence-corrected chi connectivity index (χ2v) is 11.6.